The maximum atomic E-state index is 13.7. The molecule has 0 aliphatic carbocycles. The standard InChI is InChI=1S/C28H30F6N2O2/c29-27(30,31)21-14-19(15-22(16-21)28(32,33)34)18-38-24-9-8-23-10-11-26(24,20-6-2-1-3-7-20)36(23)25(37)17-35-12-4-5-13-35/h1-3,6-7,14-16,23-24H,4-5,8-13,17-18H2. The molecule has 3 fully saturated rings. The van der Waals surface area contributed by atoms with E-state index in [2.05, 4.69) is 4.90 Å². The van der Waals surface area contributed by atoms with Gasteiger partial charge in [0, 0.05) is 6.04 Å². The van der Waals surface area contributed by atoms with E-state index in [9.17, 15) is 31.1 Å². The fourth-order valence-electron chi connectivity index (χ4n) is 6.49. The monoisotopic (exact) mass is 540 g/mol. The number of benzene rings is 2. The normalized spacial score (nSPS) is 26.2. The quantitative estimate of drug-likeness (QED) is 0.399. The smallest absolute Gasteiger partial charge is 0.371 e. The zero-order chi connectivity index (χ0) is 27.1. The van der Waals surface area contributed by atoms with Crippen molar-refractivity contribution in [3.05, 3.63) is 70.8 Å². The van der Waals surface area contributed by atoms with E-state index in [0.29, 0.717) is 37.9 Å². The van der Waals surface area contributed by atoms with Crippen molar-refractivity contribution in [2.75, 3.05) is 19.6 Å². The van der Waals surface area contributed by atoms with Crippen LogP contribution in [0.3, 0.4) is 0 Å². The molecule has 3 heterocycles. The molecule has 2 bridgehead atoms. The van der Waals surface area contributed by atoms with Gasteiger partial charge in [-0.05, 0) is 80.9 Å². The van der Waals surface area contributed by atoms with Crippen molar-refractivity contribution in [2.45, 2.75) is 75.2 Å². The molecule has 3 aliphatic rings. The first-order valence-corrected chi connectivity index (χ1v) is 13.0. The summed E-state index contributed by atoms with van der Waals surface area (Å²) in [6.07, 6.45) is -5.73. The maximum Gasteiger partial charge on any atom is 0.416 e. The Bertz CT molecular complexity index is 1110. The van der Waals surface area contributed by atoms with Gasteiger partial charge in [-0.25, -0.2) is 0 Å². The molecule has 0 spiro atoms. The number of alkyl halides is 6. The van der Waals surface area contributed by atoms with Gasteiger partial charge < -0.3 is 9.64 Å². The maximum absolute atomic E-state index is 13.7. The van der Waals surface area contributed by atoms with Gasteiger partial charge in [0.1, 0.15) is 0 Å². The molecule has 3 atom stereocenters. The highest BCUT2D eigenvalue weighted by Gasteiger charge is 2.57. The molecule has 2 aromatic carbocycles. The van der Waals surface area contributed by atoms with E-state index >= 15 is 0 Å². The number of halogens is 6. The van der Waals surface area contributed by atoms with Gasteiger partial charge in [-0.15, -0.1) is 0 Å². The number of likely N-dealkylation sites (tertiary alicyclic amines) is 1. The highest BCUT2D eigenvalue weighted by molar-refractivity contribution is 5.80. The molecule has 0 radical (unpaired) electrons. The fraction of sp³-hybridized carbons (Fsp3) is 0.536. The zero-order valence-electron chi connectivity index (χ0n) is 20.8. The van der Waals surface area contributed by atoms with E-state index in [-0.39, 0.29) is 23.6 Å². The zero-order valence-corrected chi connectivity index (χ0v) is 20.8. The van der Waals surface area contributed by atoms with Gasteiger partial charge in [0.15, 0.2) is 0 Å². The average Bonchev–Trinajstić information content (AvgIpc) is 3.48. The highest BCUT2D eigenvalue weighted by atomic mass is 19.4. The molecule has 3 saturated heterocycles. The number of nitrogens with zero attached hydrogens (tertiary/aromatic N) is 2. The summed E-state index contributed by atoms with van der Waals surface area (Å²) in [5, 5.41) is 0. The second-order valence-corrected chi connectivity index (χ2v) is 10.5. The molecule has 0 aromatic heterocycles. The van der Waals surface area contributed by atoms with Gasteiger partial charge in [0.25, 0.3) is 0 Å². The summed E-state index contributed by atoms with van der Waals surface area (Å²) in [7, 11) is 0. The van der Waals surface area contributed by atoms with Crippen LogP contribution in [0.25, 0.3) is 0 Å². The van der Waals surface area contributed by atoms with Crippen molar-refractivity contribution in [3.63, 3.8) is 0 Å². The summed E-state index contributed by atoms with van der Waals surface area (Å²) >= 11 is 0. The Labute approximate surface area is 217 Å². The number of piperidine rings is 1. The number of ether oxygens (including phenoxy) is 1. The Morgan fingerprint density at radius 1 is 0.895 bits per heavy atom. The summed E-state index contributed by atoms with van der Waals surface area (Å²) < 4.78 is 86.5. The summed E-state index contributed by atoms with van der Waals surface area (Å²) in [5.41, 5.74) is -2.88. The second kappa shape index (κ2) is 10.2. The van der Waals surface area contributed by atoms with Crippen molar-refractivity contribution in [1.29, 1.82) is 0 Å². The largest absolute Gasteiger partial charge is 0.416 e. The van der Waals surface area contributed by atoms with Gasteiger partial charge in [-0.1, -0.05) is 30.3 Å². The lowest BCUT2D eigenvalue weighted by atomic mass is 9.78. The molecular formula is C28H30F6N2O2. The van der Waals surface area contributed by atoms with Gasteiger partial charge in [-0.2, -0.15) is 26.3 Å². The van der Waals surface area contributed by atoms with Crippen LogP contribution in [0.5, 0.6) is 0 Å². The Morgan fingerprint density at radius 2 is 1.53 bits per heavy atom. The van der Waals surface area contributed by atoms with Gasteiger partial charge in [-0.3, -0.25) is 9.69 Å². The lowest BCUT2D eigenvalue weighted by molar-refractivity contribution is -0.157. The van der Waals surface area contributed by atoms with Crippen LogP contribution in [0.4, 0.5) is 26.3 Å². The van der Waals surface area contributed by atoms with Crippen LogP contribution >= 0.6 is 0 Å². The molecule has 3 aliphatic heterocycles. The first kappa shape index (κ1) is 27.0. The molecule has 38 heavy (non-hydrogen) atoms. The van der Waals surface area contributed by atoms with Crippen molar-refractivity contribution >= 4 is 5.91 Å². The van der Waals surface area contributed by atoms with E-state index in [1.807, 2.05) is 35.2 Å². The van der Waals surface area contributed by atoms with E-state index < -0.39 is 41.7 Å². The topological polar surface area (TPSA) is 32.8 Å². The molecule has 206 valence electrons. The van der Waals surface area contributed by atoms with Gasteiger partial charge >= 0.3 is 12.4 Å². The number of fused-ring (bicyclic) bond motifs is 2. The van der Waals surface area contributed by atoms with Crippen molar-refractivity contribution in [3.8, 4) is 0 Å². The van der Waals surface area contributed by atoms with Crippen molar-refractivity contribution in [2.24, 2.45) is 0 Å². The Morgan fingerprint density at radius 3 is 2.13 bits per heavy atom. The summed E-state index contributed by atoms with van der Waals surface area (Å²) in [5.74, 6) is -0.00928. The van der Waals surface area contributed by atoms with Crippen LogP contribution in [0.15, 0.2) is 48.5 Å². The molecule has 0 saturated carbocycles. The average molecular weight is 541 g/mol. The third-order valence-electron chi connectivity index (χ3n) is 8.15. The first-order valence-electron chi connectivity index (χ1n) is 13.0. The predicted molar refractivity (Wildman–Crippen MR) is 128 cm³/mol. The van der Waals surface area contributed by atoms with Crippen LogP contribution in [0.2, 0.25) is 0 Å². The van der Waals surface area contributed by atoms with Gasteiger partial charge in [0.05, 0.1) is 35.9 Å². The third-order valence-corrected chi connectivity index (χ3v) is 8.15. The second-order valence-electron chi connectivity index (χ2n) is 10.5. The minimum atomic E-state index is -4.93. The lowest BCUT2D eigenvalue weighted by Gasteiger charge is -2.50. The Kier molecular flexibility index (Phi) is 7.24. The van der Waals surface area contributed by atoms with E-state index in [1.165, 1.54) is 0 Å². The van der Waals surface area contributed by atoms with E-state index in [0.717, 1.165) is 37.9 Å². The highest BCUT2D eigenvalue weighted by Crippen LogP contribution is 2.52. The minimum absolute atomic E-state index is 0.00928. The number of rotatable bonds is 6. The number of hydrogen-bond donors (Lipinski definition) is 0. The Hall–Kier alpha value is -2.59. The van der Waals surface area contributed by atoms with Crippen LogP contribution in [0, 0.1) is 0 Å². The summed E-state index contributed by atoms with van der Waals surface area (Å²) in [6, 6.07) is 11.0. The van der Waals surface area contributed by atoms with E-state index in [4.69, 9.17) is 4.74 Å². The first-order chi connectivity index (χ1) is 18.0. The van der Waals surface area contributed by atoms with Crippen LogP contribution in [0.1, 0.15) is 60.8 Å². The van der Waals surface area contributed by atoms with Crippen LogP contribution in [-0.2, 0) is 34.0 Å². The summed E-state index contributed by atoms with van der Waals surface area (Å²) in [6.45, 7) is 1.59. The van der Waals surface area contributed by atoms with Crippen LogP contribution < -0.4 is 0 Å². The molecule has 3 unspecified atom stereocenters. The molecule has 2 aromatic rings. The van der Waals surface area contributed by atoms with Crippen molar-refractivity contribution < 1.29 is 35.9 Å². The Balaban J connectivity index is 1.46. The fourth-order valence-corrected chi connectivity index (χ4v) is 6.49. The molecule has 4 nitrogen and oxygen atoms in total. The minimum Gasteiger partial charge on any atom is -0.371 e. The number of amides is 1. The molecule has 1 amide bonds. The molecular weight excluding hydrogens is 510 g/mol. The number of carbonyl (C=O) groups excluding carboxylic acids is 1. The lowest BCUT2D eigenvalue weighted by Crippen LogP contribution is -2.60. The van der Waals surface area contributed by atoms with Crippen molar-refractivity contribution in [1.82, 2.24) is 9.80 Å². The molecule has 0 N–H and O–H groups in total. The van der Waals surface area contributed by atoms with E-state index in [1.54, 1.807) is 0 Å². The van der Waals surface area contributed by atoms with Crippen LogP contribution in [-0.4, -0.2) is 47.5 Å². The summed E-state index contributed by atoms with van der Waals surface area (Å²) in [4.78, 5) is 17.8. The third kappa shape index (κ3) is 5.17. The molecule has 10 heteroatoms. The number of hydrogen-bond acceptors (Lipinski definition) is 3. The predicted octanol–water partition coefficient (Wildman–Crippen LogP) is 6.39. The van der Waals surface area contributed by atoms with Gasteiger partial charge in [0.2, 0.25) is 5.91 Å². The number of carbonyl (C=O) groups is 1. The molecule has 5 rings (SSSR count). The SMILES string of the molecule is O=C(CN1CCCC1)N1C2CCC(OCc3cc(C(F)(F)F)cc(C(F)(F)F)c3)C1(c1ccccc1)CC2.